The van der Waals surface area contributed by atoms with E-state index in [4.69, 9.17) is 10.3 Å². The number of aliphatic hydroxyl groups is 2. The molecule has 3 rings (SSSR count). The minimum absolute atomic E-state index is 0.0297. The van der Waals surface area contributed by atoms with E-state index in [2.05, 4.69) is 30.3 Å². The number of carbonyl (C=O) groups is 1. The van der Waals surface area contributed by atoms with Gasteiger partial charge in [0, 0.05) is 11.8 Å². The van der Waals surface area contributed by atoms with Gasteiger partial charge in [-0.25, -0.2) is 4.98 Å². The lowest BCUT2D eigenvalue weighted by Gasteiger charge is -2.16. The second-order valence-corrected chi connectivity index (χ2v) is 5.38. The van der Waals surface area contributed by atoms with Gasteiger partial charge in [-0.15, -0.1) is 0 Å². The van der Waals surface area contributed by atoms with Gasteiger partial charge >= 0.3 is 0 Å². The number of azide groups is 1. The van der Waals surface area contributed by atoms with Gasteiger partial charge in [0.1, 0.15) is 12.2 Å². The van der Waals surface area contributed by atoms with E-state index in [1.54, 1.807) is 0 Å². The molecule has 2 aromatic heterocycles. The molecule has 4 N–H and O–H groups in total. The van der Waals surface area contributed by atoms with E-state index in [-0.39, 0.29) is 23.7 Å². The van der Waals surface area contributed by atoms with Crippen LogP contribution in [-0.2, 0) is 9.53 Å². The molecule has 0 spiro atoms. The summed E-state index contributed by atoms with van der Waals surface area (Å²) in [7, 11) is 0. The summed E-state index contributed by atoms with van der Waals surface area (Å²) in [4.78, 5) is 36.1. The molecule has 0 aliphatic carbocycles. The number of imidazole rings is 1. The molecule has 4 atom stereocenters. The minimum Gasteiger partial charge on any atom is -0.388 e. The number of aromatic nitrogens is 4. The third-order valence-electron chi connectivity index (χ3n) is 3.66. The molecule has 1 fully saturated rings. The van der Waals surface area contributed by atoms with Gasteiger partial charge in [0.25, 0.3) is 5.56 Å². The lowest BCUT2D eigenvalue weighted by atomic mass is 10.1. The molecule has 0 saturated carbocycles. The van der Waals surface area contributed by atoms with Crippen molar-refractivity contribution in [1.82, 2.24) is 19.5 Å². The fourth-order valence-electron chi connectivity index (χ4n) is 2.57. The number of hydrogen-bond donors (Lipinski definition) is 4. The smallest absolute Gasteiger partial charge is 0.280 e. The van der Waals surface area contributed by atoms with Gasteiger partial charge in [-0.3, -0.25) is 24.5 Å². The Hall–Kier alpha value is -2.99. The number of nitrogens with one attached hydrogen (secondary N) is 2. The highest BCUT2D eigenvalue weighted by molar-refractivity contribution is 5.87. The molecule has 1 aliphatic heterocycles. The summed E-state index contributed by atoms with van der Waals surface area (Å²) in [5.74, 6) is -0.527. The van der Waals surface area contributed by atoms with Crippen LogP contribution in [0.1, 0.15) is 13.2 Å². The van der Waals surface area contributed by atoms with Crippen LogP contribution in [0.5, 0.6) is 0 Å². The Labute approximate surface area is 138 Å². The molecule has 0 bridgehead atoms. The minimum atomic E-state index is -1.36. The Morgan fingerprint density at radius 2 is 2.32 bits per heavy atom. The molecule has 2 aromatic rings. The molecule has 3 heterocycles. The zero-order chi connectivity index (χ0) is 18.1. The number of anilines is 1. The SMILES string of the molecule is CC(=O)Nc1nc2c(ncn2[C@@H]2O[C@H](CN=[N+]=[N-])[C@@H](O)[C@H]2O)c(=O)[nH]1. The number of fused-ring (bicyclic) bond motifs is 1. The van der Waals surface area contributed by atoms with Crippen molar-refractivity contribution in [2.75, 3.05) is 11.9 Å². The van der Waals surface area contributed by atoms with Crippen LogP contribution in [0.15, 0.2) is 16.2 Å². The summed E-state index contributed by atoms with van der Waals surface area (Å²) in [5.41, 5.74) is 7.79. The van der Waals surface area contributed by atoms with Gasteiger partial charge in [-0.1, -0.05) is 5.11 Å². The van der Waals surface area contributed by atoms with Crippen molar-refractivity contribution in [3.63, 3.8) is 0 Å². The molecular formula is C12H14N8O5. The van der Waals surface area contributed by atoms with Crippen molar-refractivity contribution in [1.29, 1.82) is 0 Å². The number of rotatable bonds is 4. The van der Waals surface area contributed by atoms with Crippen LogP contribution in [0.4, 0.5) is 5.95 Å². The molecule has 0 unspecified atom stereocenters. The molecule has 13 nitrogen and oxygen atoms in total. The highest BCUT2D eigenvalue weighted by atomic mass is 16.6. The highest BCUT2D eigenvalue weighted by Gasteiger charge is 2.44. The Morgan fingerprint density at radius 3 is 3.00 bits per heavy atom. The van der Waals surface area contributed by atoms with Crippen LogP contribution >= 0.6 is 0 Å². The lowest BCUT2D eigenvalue weighted by molar-refractivity contribution is -0.114. The van der Waals surface area contributed by atoms with Crippen molar-refractivity contribution < 1.29 is 19.7 Å². The van der Waals surface area contributed by atoms with Gasteiger partial charge in [-0.05, 0) is 5.53 Å². The van der Waals surface area contributed by atoms with Crippen molar-refractivity contribution in [2.45, 2.75) is 31.5 Å². The van der Waals surface area contributed by atoms with Gasteiger partial charge < -0.3 is 14.9 Å². The number of nitrogens with zero attached hydrogens (tertiary/aromatic N) is 6. The third kappa shape index (κ3) is 3.04. The second-order valence-electron chi connectivity index (χ2n) is 5.38. The summed E-state index contributed by atoms with van der Waals surface area (Å²) in [6, 6.07) is 0. The van der Waals surface area contributed by atoms with E-state index in [0.29, 0.717) is 0 Å². The standard InChI is InChI=1S/C12H14N8O5/c1-4(21)16-12-17-9-6(10(24)18-12)14-3-20(9)11-8(23)7(22)5(25-11)2-15-19-13/h3,5,7-8,11,22-23H,2H2,1H3,(H2,16,17,18,21,24)/t5-,7-,8-,11-/m1/s1. The number of aromatic amines is 1. The first-order valence-electron chi connectivity index (χ1n) is 7.19. The summed E-state index contributed by atoms with van der Waals surface area (Å²) in [5, 5.41) is 25.9. The number of aliphatic hydroxyl groups excluding tert-OH is 2. The van der Waals surface area contributed by atoms with E-state index in [0.717, 1.165) is 0 Å². The number of carbonyl (C=O) groups excluding carboxylic acids is 1. The van der Waals surface area contributed by atoms with Crippen molar-refractivity contribution in [2.24, 2.45) is 5.11 Å². The molecule has 0 radical (unpaired) electrons. The van der Waals surface area contributed by atoms with Gasteiger partial charge in [0.2, 0.25) is 11.9 Å². The maximum atomic E-state index is 12.0. The Morgan fingerprint density at radius 1 is 1.56 bits per heavy atom. The van der Waals surface area contributed by atoms with Gasteiger partial charge in [0.05, 0.1) is 19.0 Å². The number of amides is 1. The normalized spacial score (nSPS) is 25.7. The third-order valence-corrected chi connectivity index (χ3v) is 3.66. The maximum Gasteiger partial charge on any atom is 0.280 e. The topological polar surface area (TPSA) is 191 Å². The van der Waals surface area contributed by atoms with E-state index in [9.17, 15) is 19.8 Å². The fraction of sp³-hybridized carbons (Fsp3) is 0.500. The molecule has 13 heteroatoms. The Kier molecular flexibility index (Phi) is 4.37. The predicted octanol–water partition coefficient (Wildman–Crippen LogP) is -0.993. The lowest BCUT2D eigenvalue weighted by Crippen LogP contribution is -2.32. The van der Waals surface area contributed by atoms with Crippen molar-refractivity contribution >= 4 is 23.0 Å². The van der Waals surface area contributed by atoms with Crippen LogP contribution in [0.2, 0.25) is 0 Å². The van der Waals surface area contributed by atoms with E-state index in [1.165, 1.54) is 17.8 Å². The molecule has 1 saturated heterocycles. The summed E-state index contributed by atoms with van der Waals surface area (Å²) < 4.78 is 6.78. The zero-order valence-corrected chi connectivity index (χ0v) is 12.9. The molecule has 132 valence electrons. The highest BCUT2D eigenvalue weighted by Crippen LogP contribution is 2.31. The quantitative estimate of drug-likeness (QED) is 0.309. The first-order chi connectivity index (χ1) is 11.9. The number of ether oxygens (including phenoxy) is 1. The van der Waals surface area contributed by atoms with Crippen molar-refractivity contribution in [3.05, 3.63) is 27.1 Å². The summed E-state index contributed by atoms with van der Waals surface area (Å²) in [6.07, 6.45) is -3.46. The van der Waals surface area contributed by atoms with E-state index >= 15 is 0 Å². The molecule has 1 amide bonds. The van der Waals surface area contributed by atoms with Crippen LogP contribution < -0.4 is 10.9 Å². The predicted molar refractivity (Wildman–Crippen MR) is 82.4 cm³/mol. The second kappa shape index (κ2) is 6.49. The molecule has 1 aliphatic rings. The van der Waals surface area contributed by atoms with Gasteiger partial charge in [0.15, 0.2) is 17.4 Å². The van der Waals surface area contributed by atoms with E-state index in [1.807, 2.05) is 0 Å². The van der Waals surface area contributed by atoms with Crippen LogP contribution in [0, 0.1) is 0 Å². The monoisotopic (exact) mass is 350 g/mol. The fourth-order valence-corrected chi connectivity index (χ4v) is 2.57. The first-order valence-corrected chi connectivity index (χ1v) is 7.19. The molecular weight excluding hydrogens is 336 g/mol. The summed E-state index contributed by atoms with van der Waals surface area (Å²) in [6.45, 7) is 1.07. The first kappa shape index (κ1) is 16.9. The average molecular weight is 350 g/mol. The molecule has 25 heavy (non-hydrogen) atoms. The zero-order valence-electron chi connectivity index (χ0n) is 12.9. The summed E-state index contributed by atoms with van der Waals surface area (Å²) >= 11 is 0. The number of hydrogen-bond acceptors (Lipinski definition) is 8. The van der Waals surface area contributed by atoms with Crippen LogP contribution in [-0.4, -0.2) is 60.5 Å². The van der Waals surface area contributed by atoms with Crippen molar-refractivity contribution in [3.8, 4) is 0 Å². The van der Waals surface area contributed by atoms with Crippen LogP contribution in [0.25, 0.3) is 21.6 Å². The largest absolute Gasteiger partial charge is 0.388 e. The Bertz CT molecular complexity index is 916. The van der Waals surface area contributed by atoms with Gasteiger partial charge in [-0.2, -0.15) is 4.98 Å². The Balaban J connectivity index is 2.01. The molecule has 0 aromatic carbocycles. The van der Waals surface area contributed by atoms with Crippen LogP contribution in [0.3, 0.4) is 0 Å². The van der Waals surface area contributed by atoms with E-state index < -0.39 is 36.0 Å². The maximum absolute atomic E-state index is 12.0. The number of H-pyrrole nitrogens is 1. The average Bonchev–Trinajstić information content (AvgIpc) is 3.08.